The van der Waals surface area contributed by atoms with Gasteiger partial charge in [0.1, 0.15) is 5.75 Å². The lowest BCUT2D eigenvalue weighted by atomic mass is 9.94. The highest BCUT2D eigenvalue weighted by Gasteiger charge is 2.14. The van der Waals surface area contributed by atoms with Gasteiger partial charge in [0, 0.05) is 13.0 Å². The largest absolute Gasteiger partial charge is 0.494 e. The maximum absolute atomic E-state index is 11.9. The van der Waals surface area contributed by atoms with Gasteiger partial charge < -0.3 is 15.2 Å². The molecule has 0 heterocycles. The summed E-state index contributed by atoms with van der Waals surface area (Å²) in [6.07, 6.45) is 5.46. The van der Waals surface area contributed by atoms with E-state index in [2.05, 4.69) is 56.9 Å². The average Bonchev–Trinajstić information content (AvgIpc) is 2.74. The van der Waals surface area contributed by atoms with Crippen molar-refractivity contribution in [3.8, 4) is 5.75 Å². The molecule has 1 atom stereocenters. The van der Waals surface area contributed by atoms with E-state index in [1.165, 1.54) is 5.56 Å². The predicted octanol–water partition coefficient (Wildman–Crippen LogP) is 5.02. The van der Waals surface area contributed by atoms with Crippen LogP contribution >= 0.6 is 0 Å². The molecule has 0 aliphatic carbocycles. The number of rotatable bonds is 17. The fourth-order valence-electron chi connectivity index (χ4n) is 3.55. The number of hydrogen-bond acceptors (Lipinski definition) is 5. The van der Waals surface area contributed by atoms with Crippen molar-refractivity contribution in [2.75, 3.05) is 32.8 Å². The van der Waals surface area contributed by atoms with Gasteiger partial charge in [-0.3, -0.25) is 9.69 Å². The van der Waals surface area contributed by atoms with Crippen LogP contribution in [0.2, 0.25) is 0 Å². The molecule has 0 amide bonds. The van der Waals surface area contributed by atoms with Crippen LogP contribution in [0.4, 0.5) is 0 Å². The summed E-state index contributed by atoms with van der Waals surface area (Å²) in [4.78, 5) is 14.3. The molecule has 0 aliphatic heterocycles. The standard InChI is InChI=1S/C25H44N2O3/c1-5-27(6-2)20-22-11-13-24(14-12-22)29-15-9-7-8-10-16-30-25(28)18-23(19-26)17-21(3)4/h11-14,21,23H,5-10,15-20,26H2,1-4H3. The van der Waals surface area contributed by atoms with E-state index >= 15 is 0 Å². The second kappa shape index (κ2) is 16.1. The summed E-state index contributed by atoms with van der Waals surface area (Å²) in [6.45, 7) is 13.6. The Labute approximate surface area is 184 Å². The number of unbranched alkanes of at least 4 members (excludes halogenated alkanes) is 3. The molecule has 1 unspecified atom stereocenters. The van der Waals surface area contributed by atoms with Crippen molar-refractivity contribution < 1.29 is 14.3 Å². The van der Waals surface area contributed by atoms with Crippen molar-refractivity contribution in [1.82, 2.24) is 4.90 Å². The van der Waals surface area contributed by atoms with Crippen molar-refractivity contribution in [1.29, 1.82) is 0 Å². The minimum Gasteiger partial charge on any atom is -0.494 e. The zero-order valence-electron chi connectivity index (χ0n) is 19.7. The minimum absolute atomic E-state index is 0.112. The van der Waals surface area contributed by atoms with E-state index in [-0.39, 0.29) is 11.9 Å². The zero-order chi connectivity index (χ0) is 22.2. The summed E-state index contributed by atoms with van der Waals surface area (Å²) in [6, 6.07) is 8.43. The highest BCUT2D eigenvalue weighted by molar-refractivity contribution is 5.69. The summed E-state index contributed by atoms with van der Waals surface area (Å²) >= 11 is 0. The van der Waals surface area contributed by atoms with Crippen LogP contribution in [0, 0.1) is 11.8 Å². The number of carbonyl (C=O) groups excluding carboxylic acids is 1. The van der Waals surface area contributed by atoms with Crippen molar-refractivity contribution >= 4 is 5.97 Å². The topological polar surface area (TPSA) is 64.8 Å². The zero-order valence-corrected chi connectivity index (χ0v) is 19.7. The molecule has 1 rings (SSSR count). The van der Waals surface area contributed by atoms with Gasteiger partial charge in [0.05, 0.1) is 13.2 Å². The van der Waals surface area contributed by atoms with Gasteiger partial charge in [-0.05, 0) is 81.3 Å². The normalized spacial score (nSPS) is 12.4. The Kier molecular flexibility index (Phi) is 14.2. The number of carbonyl (C=O) groups is 1. The quantitative estimate of drug-likeness (QED) is 0.283. The van der Waals surface area contributed by atoms with Gasteiger partial charge in [-0.1, -0.05) is 39.8 Å². The van der Waals surface area contributed by atoms with E-state index in [0.29, 0.717) is 25.5 Å². The summed E-state index contributed by atoms with van der Waals surface area (Å²) in [5.74, 6) is 1.61. The Balaban J connectivity index is 2.07. The number of nitrogens with zero attached hydrogens (tertiary/aromatic N) is 1. The molecule has 30 heavy (non-hydrogen) atoms. The molecule has 0 aromatic heterocycles. The molecule has 0 bridgehead atoms. The van der Waals surface area contributed by atoms with Crippen molar-refractivity contribution in [2.45, 2.75) is 72.8 Å². The van der Waals surface area contributed by atoms with Crippen LogP contribution in [0.25, 0.3) is 0 Å². The molecule has 5 heteroatoms. The second-order valence-corrected chi connectivity index (χ2v) is 8.52. The first kappa shape index (κ1) is 26.4. The second-order valence-electron chi connectivity index (χ2n) is 8.52. The Morgan fingerprint density at radius 2 is 1.63 bits per heavy atom. The molecule has 0 saturated heterocycles. The van der Waals surface area contributed by atoms with Gasteiger partial charge >= 0.3 is 5.97 Å². The number of benzene rings is 1. The van der Waals surface area contributed by atoms with Gasteiger partial charge in [0.15, 0.2) is 0 Å². The van der Waals surface area contributed by atoms with Crippen molar-refractivity contribution in [3.63, 3.8) is 0 Å². The highest BCUT2D eigenvalue weighted by Crippen LogP contribution is 2.16. The van der Waals surface area contributed by atoms with Gasteiger partial charge in [-0.15, -0.1) is 0 Å². The van der Waals surface area contributed by atoms with E-state index in [1.807, 2.05) is 0 Å². The first-order valence-corrected chi connectivity index (χ1v) is 11.8. The van der Waals surface area contributed by atoms with Gasteiger partial charge in [0.2, 0.25) is 0 Å². The number of nitrogens with two attached hydrogens (primary N) is 1. The summed E-state index contributed by atoms with van der Waals surface area (Å²) < 4.78 is 11.2. The molecule has 172 valence electrons. The molecule has 0 saturated carbocycles. The summed E-state index contributed by atoms with van der Waals surface area (Å²) in [5, 5.41) is 0. The Bertz CT molecular complexity index is 556. The lowest BCUT2D eigenvalue weighted by molar-refractivity contribution is -0.144. The third kappa shape index (κ3) is 12.2. The fourth-order valence-corrected chi connectivity index (χ4v) is 3.55. The molecule has 5 nitrogen and oxygen atoms in total. The first-order valence-electron chi connectivity index (χ1n) is 11.8. The maximum atomic E-state index is 11.9. The SMILES string of the molecule is CCN(CC)Cc1ccc(OCCCCCCOC(=O)CC(CN)CC(C)C)cc1. The smallest absolute Gasteiger partial charge is 0.306 e. The Morgan fingerprint density at radius 1 is 1.00 bits per heavy atom. The Morgan fingerprint density at radius 3 is 2.20 bits per heavy atom. The maximum Gasteiger partial charge on any atom is 0.306 e. The fraction of sp³-hybridized carbons (Fsp3) is 0.720. The predicted molar refractivity (Wildman–Crippen MR) is 125 cm³/mol. The molecule has 0 radical (unpaired) electrons. The van der Waals surface area contributed by atoms with E-state index in [9.17, 15) is 4.79 Å². The number of esters is 1. The molecular weight excluding hydrogens is 376 g/mol. The lowest BCUT2D eigenvalue weighted by Gasteiger charge is -2.18. The molecule has 1 aromatic carbocycles. The summed E-state index contributed by atoms with van der Waals surface area (Å²) in [7, 11) is 0. The van der Waals surface area contributed by atoms with Crippen LogP contribution in [0.1, 0.15) is 71.8 Å². The summed E-state index contributed by atoms with van der Waals surface area (Å²) in [5.41, 5.74) is 7.07. The van der Waals surface area contributed by atoms with Crippen LogP contribution < -0.4 is 10.5 Å². The van der Waals surface area contributed by atoms with E-state index in [4.69, 9.17) is 15.2 Å². The molecule has 0 fully saturated rings. The van der Waals surface area contributed by atoms with Crippen molar-refractivity contribution in [2.24, 2.45) is 17.6 Å². The van der Waals surface area contributed by atoms with Crippen molar-refractivity contribution in [3.05, 3.63) is 29.8 Å². The molecule has 2 N–H and O–H groups in total. The van der Waals surface area contributed by atoms with E-state index in [1.54, 1.807) is 0 Å². The van der Waals surface area contributed by atoms with E-state index < -0.39 is 0 Å². The molecule has 0 aliphatic rings. The van der Waals surface area contributed by atoms with Crippen LogP contribution in [-0.4, -0.2) is 43.7 Å². The number of hydrogen-bond donors (Lipinski definition) is 1. The van der Waals surface area contributed by atoms with Crippen LogP contribution in [0.5, 0.6) is 5.75 Å². The van der Waals surface area contributed by atoms with Crippen LogP contribution in [0.15, 0.2) is 24.3 Å². The third-order valence-corrected chi connectivity index (χ3v) is 5.39. The first-order chi connectivity index (χ1) is 14.5. The van der Waals surface area contributed by atoms with Gasteiger partial charge in [-0.25, -0.2) is 0 Å². The highest BCUT2D eigenvalue weighted by atomic mass is 16.5. The van der Waals surface area contributed by atoms with Gasteiger partial charge in [-0.2, -0.15) is 0 Å². The van der Waals surface area contributed by atoms with Gasteiger partial charge in [0.25, 0.3) is 0 Å². The van der Waals surface area contributed by atoms with E-state index in [0.717, 1.165) is 64.1 Å². The molecule has 1 aromatic rings. The number of ether oxygens (including phenoxy) is 2. The van der Waals surface area contributed by atoms with Crippen LogP contribution in [0.3, 0.4) is 0 Å². The molecular formula is C25H44N2O3. The minimum atomic E-state index is -0.112. The Hall–Kier alpha value is -1.59. The lowest BCUT2D eigenvalue weighted by Crippen LogP contribution is -2.21. The third-order valence-electron chi connectivity index (χ3n) is 5.39. The van der Waals surface area contributed by atoms with Crippen LogP contribution in [-0.2, 0) is 16.1 Å². The average molecular weight is 421 g/mol. The molecule has 0 spiro atoms. The monoisotopic (exact) mass is 420 g/mol.